The monoisotopic (exact) mass is 588 g/mol. The molecule has 4 atom stereocenters. The van der Waals surface area contributed by atoms with E-state index in [1.165, 1.54) is 14.0 Å². The number of aromatic hydroxyl groups is 1. The van der Waals surface area contributed by atoms with Crippen LogP contribution in [0.4, 0.5) is 0 Å². The highest BCUT2D eigenvalue weighted by Gasteiger charge is 2.41. The van der Waals surface area contributed by atoms with Gasteiger partial charge in [-0.15, -0.1) is 0 Å². The number of ketones is 1. The number of benzene rings is 1. The fraction of sp³-hybridized carbons (Fsp3) is 0.562. The predicted octanol–water partition coefficient (Wildman–Crippen LogP) is 6.23. The van der Waals surface area contributed by atoms with Gasteiger partial charge in [0.05, 0.1) is 12.1 Å². The lowest BCUT2D eigenvalue weighted by Crippen LogP contribution is -2.40. The number of aliphatic imine (C=N–C) groups is 1. The third-order valence-electron chi connectivity index (χ3n) is 8.51. The summed E-state index contributed by atoms with van der Waals surface area (Å²) in [6.45, 7) is 11.9. The van der Waals surface area contributed by atoms with Crippen molar-refractivity contribution in [2.75, 3.05) is 13.7 Å². The van der Waals surface area contributed by atoms with Crippen LogP contribution in [0.15, 0.2) is 28.8 Å². The first kappa shape index (κ1) is 34.1. The van der Waals surface area contributed by atoms with Crippen LogP contribution in [-0.4, -0.2) is 53.8 Å². The number of methoxy groups -OCH3 is 1. The van der Waals surface area contributed by atoms with E-state index in [0.29, 0.717) is 77.8 Å². The van der Waals surface area contributed by atoms with Crippen molar-refractivity contribution in [2.24, 2.45) is 22.2 Å². The van der Waals surface area contributed by atoms with Crippen LogP contribution in [0.3, 0.4) is 0 Å². The van der Waals surface area contributed by atoms with Crippen LogP contribution < -0.4 is 10.1 Å². The summed E-state index contributed by atoms with van der Waals surface area (Å²) in [5.41, 5.74) is 2.49. The number of nitrogens with one attached hydrogen (secondary N) is 1. The number of allylic oxidation sites excluding steroid dienone is 4. The molecule has 1 aliphatic carbocycles. The molecule has 0 heterocycles. The molecular formula is C32H45ClN2O6. The number of Topliss-reactive ketones (excluding diaryl/α,β-unsaturated/α-hetero) is 1. The van der Waals surface area contributed by atoms with Crippen molar-refractivity contribution in [1.82, 2.24) is 5.32 Å². The summed E-state index contributed by atoms with van der Waals surface area (Å²) < 4.78 is 5.56. The zero-order chi connectivity index (χ0) is 30.9. The van der Waals surface area contributed by atoms with Crippen LogP contribution in [0.5, 0.6) is 11.5 Å². The summed E-state index contributed by atoms with van der Waals surface area (Å²) in [6, 6.07) is -0.920. The number of amides is 1. The second kappa shape index (κ2) is 15.2. The van der Waals surface area contributed by atoms with E-state index in [0.717, 1.165) is 12.0 Å². The molecular weight excluding hydrogens is 544 g/mol. The maximum absolute atomic E-state index is 12.4. The summed E-state index contributed by atoms with van der Waals surface area (Å²) in [4.78, 5) is 39.3. The molecule has 9 heteroatoms. The number of hydrogen-bond acceptors (Lipinski definition) is 6. The fourth-order valence-corrected chi connectivity index (χ4v) is 5.54. The molecule has 8 nitrogen and oxygen atoms in total. The molecule has 3 N–H and O–H groups in total. The van der Waals surface area contributed by atoms with Gasteiger partial charge in [-0.1, -0.05) is 56.2 Å². The van der Waals surface area contributed by atoms with Crippen molar-refractivity contribution in [1.29, 1.82) is 0 Å². The Balaban J connectivity index is 2.18. The van der Waals surface area contributed by atoms with Gasteiger partial charge in [0.1, 0.15) is 23.3 Å². The van der Waals surface area contributed by atoms with Gasteiger partial charge in [-0.25, -0.2) is 4.79 Å². The molecule has 0 radical (unpaired) electrons. The van der Waals surface area contributed by atoms with Gasteiger partial charge < -0.3 is 20.3 Å². The Kier molecular flexibility index (Phi) is 12.6. The van der Waals surface area contributed by atoms with E-state index in [1.54, 1.807) is 13.1 Å². The van der Waals surface area contributed by atoms with Crippen LogP contribution in [0, 0.1) is 24.2 Å². The molecule has 0 spiro atoms. The smallest absolute Gasteiger partial charge is 0.326 e. The number of carbonyl (C=O) groups excluding carboxylic acids is 2. The highest BCUT2D eigenvalue weighted by molar-refractivity contribution is 6.33. The largest absolute Gasteiger partial charge is 0.507 e. The van der Waals surface area contributed by atoms with Crippen LogP contribution in [0.2, 0.25) is 5.02 Å². The highest BCUT2D eigenvalue weighted by Crippen LogP contribution is 2.45. The van der Waals surface area contributed by atoms with Gasteiger partial charge >= 0.3 is 5.97 Å². The van der Waals surface area contributed by atoms with E-state index in [9.17, 15) is 24.6 Å². The number of halogens is 1. The molecule has 1 aromatic rings. The maximum atomic E-state index is 12.4. The molecule has 1 aliphatic rings. The zero-order valence-corrected chi connectivity index (χ0v) is 26.1. The minimum absolute atomic E-state index is 0.0343. The molecule has 0 bridgehead atoms. The quantitative estimate of drug-likeness (QED) is 0.142. The lowest BCUT2D eigenvalue weighted by molar-refractivity contribution is -0.141. The highest BCUT2D eigenvalue weighted by atomic mass is 35.5. The molecule has 226 valence electrons. The molecule has 0 saturated heterocycles. The number of carbonyl (C=O) groups is 3. The lowest BCUT2D eigenvalue weighted by Gasteiger charge is -2.42. The first-order valence-electron chi connectivity index (χ1n) is 14.2. The molecule has 41 heavy (non-hydrogen) atoms. The second-order valence-corrected chi connectivity index (χ2v) is 11.7. The summed E-state index contributed by atoms with van der Waals surface area (Å²) in [7, 11) is 1.52. The van der Waals surface area contributed by atoms with Crippen LogP contribution in [0.25, 0.3) is 0 Å². The van der Waals surface area contributed by atoms with E-state index in [4.69, 9.17) is 16.3 Å². The zero-order valence-electron chi connectivity index (χ0n) is 25.3. The Morgan fingerprint density at radius 3 is 2.56 bits per heavy atom. The normalized spacial score (nSPS) is 22.3. The number of phenols is 1. The molecule has 0 unspecified atom stereocenters. The van der Waals surface area contributed by atoms with Crippen molar-refractivity contribution < 1.29 is 29.3 Å². The van der Waals surface area contributed by atoms with Crippen molar-refractivity contribution in [2.45, 2.75) is 86.1 Å². The number of unbranched alkanes of at least 4 members (excludes halogenated alkanes) is 1. The number of carboxylic acid groups (broad SMARTS) is 1. The number of aliphatic carboxylic acids is 1. The van der Waals surface area contributed by atoms with Crippen molar-refractivity contribution >= 4 is 35.5 Å². The van der Waals surface area contributed by atoms with Crippen molar-refractivity contribution in [3.05, 3.63) is 45.5 Å². The Hall–Kier alpha value is -3.13. The van der Waals surface area contributed by atoms with Gasteiger partial charge in [-0.05, 0) is 62.8 Å². The Labute approximate surface area is 248 Å². The Morgan fingerprint density at radius 1 is 1.27 bits per heavy atom. The molecule has 1 amide bonds. The first-order valence-corrected chi connectivity index (χ1v) is 14.6. The minimum Gasteiger partial charge on any atom is -0.507 e. The number of nitrogens with zero attached hydrogens (tertiary/aromatic N) is 1. The number of hydrogen-bond donors (Lipinski definition) is 3. The van der Waals surface area contributed by atoms with Gasteiger partial charge in [0.25, 0.3) is 0 Å². The third-order valence-corrected chi connectivity index (χ3v) is 8.97. The fourth-order valence-electron chi connectivity index (χ4n) is 5.25. The van der Waals surface area contributed by atoms with E-state index in [2.05, 4.69) is 30.2 Å². The van der Waals surface area contributed by atoms with E-state index in [-0.39, 0.29) is 23.0 Å². The first-order chi connectivity index (χ1) is 19.2. The van der Waals surface area contributed by atoms with Crippen LogP contribution in [-0.2, 0) is 20.8 Å². The average molecular weight is 589 g/mol. The maximum Gasteiger partial charge on any atom is 0.326 e. The molecule has 1 aromatic carbocycles. The summed E-state index contributed by atoms with van der Waals surface area (Å²) in [5, 5.41) is 23.2. The number of phenolic OH excluding ortho intramolecular Hbond substituents is 1. The van der Waals surface area contributed by atoms with E-state index in [1.807, 2.05) is 26.0 Å². The van der Waals surface area contributed by atoms with Crippen molar-refractivity contribution in [3.63, 3.8) is 0 Å². The van der Waals surface area contributed by atoms with Gasteiger partial charge in [0.2, 0.25) is 5.91 Å². The molecule has 0 aromatic heterocycles. The summed E-state index contributed by atoms with van der Waals surface area (Å²) >= 11 is 6.63. The lowest BCUT2D eigenvalue weighted by atomic mass is 9.61. The molecule has 0 aliphatic heterocycles. The van der Waals surface area contributed by atoms with Crippen LogP contribution >= 0.6 is 11.6 Å². The summed E-state index contributed by atoms with van der Waals surface area (Å²) in [6.07, 6.45) is 11.2. The number of carboxylic acids is 1. The molecule has 2 rings (SSSR count). The SMILES string of the molecule is COc1c(Cl)c(C)c(C=NCCCC[C@H](NC(C)=O)C(=O)O)c(O)c1C/C=C(C)/C=C/[C@@]1(C)[C@H](C)CCC(=O)[C@@H]1C. The average Bonchev–Trinajstić information content (AvgIpc) is 2.92. The minimum atomic E-state index is -1.06. The number of ether oxygens (including phenoxy) is 1. The van der Waals surface area contributed by atoms with Crippen molar-refractivity contribution in [3.8, 4) is 11.5 Å². The van der Waals surface area contributed by atoms with Gasteiger partial charge in [0, 0.05) is 43.1 Å². The third kappa shape index (κ3) is 8.68. The van der Waals surface area contributed by atoms with E-state index >= 15 is 0 Å². The van der Waals surface area contributed by atoms with Gasteiger partial charge in [-0.3, -0.25) is 14.6 Å². The second-order valence-electron chi connectivity index (χ2n) is 11.3. The molecule has 1 fully saturated rings. The molecule has 1 saturated carbocycles. The Bertz CT molecular complexity index is 1220. The number of rotatable bonds is 13. The van der Waals surface area contributed by atoms with Gasteiger partial charge in [-0.2, -0.15) is 0 Å². The van der Waals surface area contributed by atoms with Crippen LogP contribution in [0.1, 0.15) is 83.4 Å². The summed E-state index contributed by atoms with van der Waals surface area (Å²) in [5.74, 6) is -0.309. The predicted molar refractivity (Wildman–Crippen MR) is 163 cm³/mol. The standard InChI is InChI=1S/C32H45ClN2O6/c1-19(15-16-32(6)20(2)12-14-27(37)22(32)4)11-13-24-29(38)25(21(3)28(33)30(24)41-7)18-34-17-9-8-10-26(31(39)40)35-23(5)36/h11,15-16,18,20,22,26,38H,8-10,12-14,17H2,1-7H3,(H,35,36)(H,39,40)/b16-15+,19-11+,34-18?/t20-,22+,26+,32+/m1/s1. The Morgan fingerprint density at radius 2 is 1.95 bits per heavy atom. The van der Waals surface area contributed by atoms with E-state index < -0.39 is 12.0 Å². The topological polar surface area (TPSA) is 125 Å². The van der Waals surface area contributed by atoms with Gasteiger partial charge in [0.15, 0.2) is 0 Å².